The molecule has 0 aromatic carbocycles. The second kappa shape index (κ2) is 5.27. The second-order valence-electron chi connectivity index (χ2n) is 5.09. The van der Waals surface area contributed by atoms with Gasteiger partial charge in [-0.15, -0.1) is 0 Å². The molecule has 0 N–H and O–H groups in total. The van der Waals surface area contributed by atoms with E-state index in [4.69, 9.17) is 4.74 Å². The number of carbonyl (C=O) groups is 2. The van der Waals surface area contributed by atoms with Gasteiger partial charge in [0.2, 0.25) is 5.72 Å². The van der Waals surface area contributed by atoms with Crippen molar-refractivity contribution in [1.29, 1.82) is 0 Å². The van der Waals surface area contributed by atoms with Crippen molar-refractivity contribution in [2.45, 2.75) is 46.3 Å². The largest absolute Gasteiger partial charge is 0.428 e. The Hall–Kier alpha value is -1.84. The van der Waals surface area contributed by atoms with Crippen LogP contribution in [0.3, 0.4) is 0 Å². The van der Waals surface area contributed by atoms with Crippen LogP contribution < -0.4 is 0 Å². The molecule has 0 spiro atoms. The molecule has 1 amide bonds. The minimum Gasteiger partial charge on any atom is -0.428 e. The number of carbonyl (C=O) groups excluding carboxylic acids is 2. The third kappa shape index (κ3) is 2.09. The van der Waals surface area contributed by atoms with Crippen LogP contribution in [0.2, 0.25) is 0 Å². The number of hydrogen-bond acceptors (Lipinski definition) is 3. The zero-order valence-corrected chi connectivity index (χ0v) is 12.5. The van der Waals surface area contributed by atoms with Crippen LogP contribution in [-0.4, -0.2) is 29.0 Å². The first-order valence-electron chi connectivity index (χ1n) is 7.13. The molecule has 3 aliphatic rings. The van der Waals surface area contributed by atoms with E-state index in [1.54, 1.807) is 11.8 Å². The normalized spacial score (nSPS) is 28.0. The van der Waals surface area contributed by atoms with Crippen LogP contribution in [-0.2, 0) is 14.3 Å². The van der Waals surface area contributed by atoms with E-state index in [9.17, 15) is 9.59 Å². The number of allylic oxidation sites excluding steroid dienone is 4. The van der Waals surface area contributed by atoms with Gasteiger partial charge < -0.3 is 4.74 Å². The Labute approximate surface area is 119 Å². The fourth-order valence-corrected chi connectivity index (χ4v) is 2.84. The summed E-state index contributed by atoms with van der Waals surface area (Å²) >= 11 is 0. The fourth-order valence-electron chi connectivity index (χ4n) is 2.84. The molecule has 4 nitrogen and oxygen atoms in total. The first-order chi connectivity index (χ1) is 9.52. The molecule has 2 saturated heterocycles. The summed E-state index contributed by atoms with van der Waals surface area (Å²) in [5, 5.41) is 0. The predicted molar refractivity (Wildman–Crippen MR) is 76.7 cm³/mol. The summed E-state index contributed by atoms with van der Waals surface area (Å²) in [6.07, 6.45) is 7.56. The van der Waals surface area contributed by atoms with Gasteiger partial charge in [0.15, 0.2) is 0 Å². The van der Waals surface area contributed by atoms with Crippen LogP contribution in [0.15, 0.2) is 34.9 Å². The fraction of sp³-hybridized carbons (Fsp3) is 0.500. The van der Waals surface area contributed by atoms with E-state index < -0.39 is 17.6 Å². The molecule has 3 rings (SSSR count). The highest BCUT2D eigenvalue weighted by Crippen LogP contribution is 2.40. The van der Waals surface area contributed by atoms with Crippen molar-refractivity contribution in [3.63, 3.8) is 0 Å². The lowest BCUT2D eigenvalue weighted by Crippen LogP contribution is -2.45. The molecular weight excluding hydrogens is 254 g/mol. The van der Waals surface area contributed by atoms with E-state index in [-0.39, 0.29) is 0 Å². The molecular formula is C16H21NO3. The Kier molecular flexibility index (Phi) is 3.84. The molecule has 2 heterocycles. The number of esters is 1. The van der Waals surface area contributed by atoms with Gasteiger partial charge in [-0.25, -0.2) is 4.79 Å². The third-order valence-electron chi connectivity index (χ3n) is 4.06. The van der Waals surface area contributed by atoms with Crippen molar-refractivity contribution in [3.05, 3.63) is 34.9 Å². The summed E-state index contributed by atoms with van der Waals surface area (Å²) in [6.45, 7) is 8.42. The Balaban J connectivity index is 0.000000704. The second-order valence-corrected chi connectivity index (χ2v) is 5.09. The van der Waals surface area contributed by atoms with Crippen LogP contribution in [0.5, 0.6) is 0 Å². The maximum atomic E-state index is 11.8. The van der Waals surface area contributed by atoms with E-state index in [0.717, 1.165) is 18.4 Å². The maximum absolute atomic E-state index is 11.8. The van der Waals surface area contributed by atoms with Crippen molar-refractivity contribution in [2.24, 2.45) is 0 Å². The summed E-state index contributed by atoms with van der Waals surface area (Å²) in [6, 6.07) is 0. The smallest absolute Gasteiger partial charge is 0.399 e. The van der Waals surface area contributed by atoms with E-state index in [1.165, 1.54) is 11.1 Å². The molecule has 1 atom stereocenters. The summed E-state index contributed by atoms with van der Waals surface area (Å²) in [5.74, 6) is -1.26. The van der Waals surface area contributed by atoms with Crippen molar-refractivity contribution < 1.29 is 14.3 Å². The average molecular weight is 275 g/mol. The molecule has 1 aliphatic carbocycles. The highest BCUT2D eigenvalue weighted by Gasteiger charge is 2.52. The first-order valence-corrected chi connectivity index (χ1v) is 7.13. The molecule has 0 aromatic rings. The van der Waals surface area contributed by atoms with Crippen LogP contribution in [0.4, 0.5) is 0 Å². The standard InChI is InChI=1S/C14H15NO3.C2H6/c1-9-4-3-5-11-8-10(9)6-7-15-12(16)13(17)18-14(11,15)2;1-2/h3-5H,6-8H2,1-2H3;1-2H3. The minimum absolute atomic E-state index is 0.521. The number of nitrogens with zero attached hydrogens (tertiary/aromatic N) is 1. The molecule has 0 aromatic heterocycles. The number of fused-ring (bicyclic) bond motifs is 4. The number of ether oxygens (including phenoxy) is 1. The first kappa shape index (κ1) is 14.6. The molecule has 4 heteroatoms. The third-order valence-corrected chi connectivity index (χ3v) is 4.06. The lowest BCUT2D eigenvalue weighted by molar-refractivity contribution is -0.151. The van der Waals surface area contributed by atoms with E-state index in [1.807, 2.05) is 26.0 Å². The molecule has 2 aliphatic heterocycles. The van der Waals surface area contributed by atoms with Gasteiger partial charge in [-0.3, -0.25) is 9.69 Å². The van der Waals surface area contributed by atoms with Crippen molar-refractivity contribution in [2.75, 3.05) is 6.54 Å². The summed E-state index contributed by atoms with van der Waals surface area (Å²) in [4.78, 5) is 24.9. The van der Waals surface area contributed by atoms with Crippen LogP contribution in [0, 0.1) is 0 Å². The van der Waals surface area contributed by atoms with Gasteiger partial charge in [0.1, 0.15) is 0 Å². The molecule has 0 saturated carbocycles. The molecule has 0 radical (unpaired) electrons. The molecule has 1 unspecified atom stereocenters. The van der Waals surface area contributed by atoms with Gasteiger partial charge in [0.25, 0.3) is 0 Å². The van der Waals surface area contributed by atoms with Crippen LogP contribution in [0.1, 0.15) is 40.5 Å². The van der Waals surface area contributed by atoms with E-state index in [0.29, 0.717) is 6.54 Å². The summed E-state index contributed by atoms with van der Waals surface area (Å²) in [5.41, 5.74) is 2.63. The van der Waals surface area contributed by atoms with Gasteiger partial charge in [-0.05, 0) is 32.3 Å². The van der Waals surface area contributed by atoms with Gasteiger partial charge in [0.05, 0.1) is 0 Å². The average Bonchev–Trinajstić information content (AvgIpc) is 2.60. The maximum Gasteiger partial charge on any atom is 0.399 e. The highest BCUT2D eigenvalue weighted by molar-refractivity contribution is 6.34. The quantitative estimate of drug-likeness (QED) is 0.504. The molecule has 20 heavy (non-hydrogen) atoms. The zero-order chi connectivity index (χ0) is 14.9. The van der Waals surface area contributed by atoms with Crippen molar-refractivity contribution in [3.8, 4) is 0 Å². The van der Waals surface area contributed by atoms with Gasteiger partial charge in [-0.2, -0.15) is 0 Å². The SMILES string of the molecule is CC.CC1=C2CCN3C(=O)C(=O)OC3(C)C(=CC=C1)C2. The number of rotatable bonds is 0. The number of amides is 1. The van der Waals surface area contributed by atoms with E-state index >= 15 is 0 Å². The van der Waals surface area contributed by atoms with Gasteiger partial charge >= 0.3 is 11.9 Å². The molecule has 108 valence electrons. The summed E-state index contributed by atoms with van der Waals surface area (Å²) in [7, 11) is 0. The zero-order valence-electron chi connectivity index (χ0n) is 12.5. The monoisotopic (exact) mass is 275 g/mol. The number of hydrogen-bond donors (Lipinski definition) is 0. The highest BCUT2D eigenvalue weighted by atomic mass is 16.6. The Morgan fingerprint density at radius 3 is 2.70 bits per heavy atom. The van der Waals surface area contributed by atoms with Gasteiger partial charge in [0, 0.05) is 6.54 Å². The topological polar surface area (TPSA) is 46.6 Å². The molecule has 2 fully saturated rings. The van der Waals surface area contributed by atoms with E-state index in [2.05, 4.69) is 13.0 Å². The minimum atomic E-state index is -0.898. The Bertz CT molecular complexity index is 542. The van der Waals surface area contributed by atoms with Crippen molar-refractivity contribution >= 4 is 11.9 Å². The lowest BCUT2D eigenvalue weighted by Gasteiger charge is -2.32. The van der Waals surface area contributed by atoms with Gasteiger partial charge in [-0.1, -0.05) is 43.2 Å². The Morgan fingerprint density at radius 1 is 1.30 bits per heavy atom. The van der Waals surface area contributed by atoms with Crippen molar-refractivity contribution in [1.82, 2.24) is 4.90 Å². The van der Waals surface area contributed by atoms with Crippen LogP contribution >= 0.6 is 0 Å². The Morgan fingerprint density at radius 2 is 2.00 bits per heavy atom. The van der Waals surface area contributed by atoms with Crippen LogP contribution in [0.25, 0.3) is 0 Å². The lowest BCUT2D eigenvalue weighted by atomic mass is 9.96. The summed E-state index contributed by atoms with van der Waals surface area (Å²) < 4.78 is 5.33. The predicted octanol–water partition coefficient (Wildman–Crippen LogP) is 2.72. The molecule has 2 bridgehead atoms.